The van der Waals surface area contributed by atoms with Crippen LogP contribution in [0, 0.1) is 0 Å². The highest BCUT2D eigenvalue weighted by Crippen LogP contribution is 2.36. The number of para-hydroxylation sites is 2. The zero-order valence-corrected chi connectivity index (χ0v) is 17.7. The largest absolute Gasteiger partial charge is 0.496 e. The number of Topliss-reactive ketones (excluding diaryl/α,β-unsaturated/α-hetero) is 1. The summed E-state index contributed by atoms with van der Waals surface area (Å²) in [5.74, 6) is 1.74. The third kappa shape index (κ3) is 3.85. The lowest BCUT2D eigenvalue weighted by molar-refractivity contribution is 0.0962. The topological polar surface area (TPSA) is 58.6 Å². The first-order chi connectivity index (χ1) is 15.2. The molecule has 2 heterocycles. The van der Waals surface area contributed by atoms with Crippen LogP contribution in [-0.4, -0.2) is 49.0 Å². The minimum Gasteiger partial charge on any atom is -0.496 e. The summed E-state index contributed by atoms with van der Waals surface area (Å²) in [4.78, 5) is 26.8. The Kier molecular flexibility index (Phi) is 5.28. The quantitative estimate of drug-likeness (QED) is 0.649. The Labute approximate surface area is 182 Å². The van der Waals surface area contributed by atoms with Gasteiger partial charge in [0.25, 0.3) is 0 Å². The molecular weight excluding hydrogens is 388 g/mol. The van der Waals surface area contributed by atoms with Crippen molar-refractivity contribution >= 4 is 17.4 Å². The number of carbonyl (C=O) groups excluding carboxylic acids is 1. The van der Waals surface area contributed by atoms with Crippen molar-refractivity contribution in [1.29, 1.82) is 0 Å². The molecule has 1 aliphatic heterocycles. The van der Waals surface area contributed by atoms with Crippen LogP contribution in [0.2, 0.25) is 0 Å². The molecule has 2 aromatic carbocycles. The van der Waals surface area contributed by atoms with E-state index in [0.717, 1.165) is 55.6 Å². The van der Waals surface area contributed by atoms with E-state index in [9.17, 15) is 4.79 Å². The van der Waals surface area contributed by atoms with Crippen LogP contribution in [0.3, 0.4) is 0 Å². The van der Waals surface area contributed by atoms with E-state index in [0.29, 0.717) is 12.0 Å². The zero-order valence-electron chi connectivity index (χ0n) is 17.7. The number of piperazine rings is 1. The molecule has 2 aliphatic rings. The summed E-state index contributed by atoms with van der Waals surface area (Å²) in [7, 11) is 1.67. The van der Waals surface area contributed by atoms with Crippen LogP contribution < -0.4 is 14.5 Å². The standard InChI is InChI=1S/C25H26N4O2/c1-31-24-10-6-5-9-20(24)18-15-22-21(23(30)16-18)17-26-25(27-22)29-13-11-28(12-14-29)19-7-3-2-4-8-19/h2-10,17-18H,11-16H2,1H3. The number of methoxy groups -OCH3 is 1. The van der Waals surface area contributed by atoms with Gasteiger partial charge in [-0.05, 0) is 30.2 Å². The maximum absolute atomic E-state index is 12.8. The van der Waals surface area contributed by atoms with Crippen molar-refractivity contribution in [3.63, 3.8) is 0 Å². The second-order valence-electron chi connectivity index (χ2n) is 8.11. The fourth-order valence-electron chi connectivity index (χ4n) is 4.61. The van der Waals surface area contributed by atoms with E-state index in [-0.39, 0.29) is 11.7 Å². The number of fused-ring (bicyclic) bond motifs is 1. The first kappa shape index (κ1) is 19.5. The van der Waals surface area contributed by atoms with Crippen LogP contribution in [0.5, 0.6) is 5.75 Å². The zero-order chi connectivity index (χ0) is 21.2. The van der Waals surface area contributed by atoms with Gasteiger partial charge in [0.15, 0.2) is 5.78 Å². The average molecular weight is 415 g/mol. The second-order valence-corrected chi connectivity index (χ2v) is 8.11. The molecule has 158 valence electrons. The number of nitrogens with zero attached hydrogens (tertiary/aromatic N) is 4. The number of rotatable bonds is 4. The van der Waals surface area contributed by atoms with Crippen LogP contribution in [0.15, 0.2) is 60.8 Å². The summed E-state index contributed by atoms with van der Waals surface area (Å²) in [5, 5.41) is 0. The first-order valence-corrected chi connectivity index (χ1v) is 10.8. The Balaban J connectivity index is 1.34. The van der Waals surface area contributed by atoms with Crippen molar-refractivity contribution in [1.82, 2.24) is 9.97 Å². The molecule has 0 bridgehead atoms. The SMILES string of the molecule is COc1ccccc1C1CC(=O)c2cnc(N3CCN(c4ccccc4)CC3)nc2C1. The summed E-state index contributed by atoms with van der Waals surface area (Å²) in [6.45, 7) is 3.57. The predicted molar refractivity (Wildman–Crippen MR) is 121 cm³/mol. The number of anilines is 2. The molecule has 31 heavy (non-hydrogen) atoms. The van der Waals surface area contributed by atoms with E-state index in [1.165, 1.54) is 5.69 Å². The maximum atomic E-state index is 12.8. The van der Waals surface area contributed by atoms with Crippen LogP contribution >= 0.6 is 0 Å². The van der Waals surface area contributed by atoms with Gasteiger partial charge in [-0.3, -0.25) is 4.79 Å². The Hall–Kier alpha value is -3.41. The van der Waals surface area contributed by atoms with Crippen molar-refractivity contribution in [3.8, 4) is 5.75 Å². The maximum Gasteiger partial charge on any atom is 0.225 e. The third-order valence-corrected chi connectivity index (χ3v) is 6.29. The van der Waals surface area contributed by atoms with Gasteiger partial charge in [-0.15, -0.1) is 0 Å². The van der Waals surface area contributed by atoms with E-state index >= 15 is 0 Å². The Morgan fingerprint density at radius 1 is 0.903 bits per heavy atom. The molecule has 6 nitrogen and oxygen atoms in total. The number of hydrogen-bond acceptors (Lipinski definition) is 6. The van der Waals surface area contributed by atoms with Gasteiger partial charge in [0.2, 0.25) is 5.95 Å². The number of benzene rings is 2. The van der Waals surface area contributed by atoms with Crippen LogP contribution in [0.1, 0.15) is 34.0 Å². The van der Waals surface area contributed by atoms with Crippen molar-refractivity contribution in [2.45, 2.75) is 18.8 Å². The monoisotopic (exact) mass is 414 g/mol. The van der Waals surface area contributed by atoms with E-state index in [1.807, 2.05) is 30.3 Å². The van der Waals surface area contributed by atoms with E-state index < -0.39 is 0 Å². The van der Waals surface area contributed by atoms with E-state index in [2.05, 4.69) is 39.0 Å². The fraction of sp³-hybridized carbons (Fsp3) is 0.320. The summed E-state index contributed by atoms with van der Waals surface area (Å²) < 4.78 is 5.53. The Bertz CT molecular complexity index is 1080. The number of ether oxygens (including phenoxy) is 1. The molecule has 5 rings (SSSR count). The smallest absolute Gasteiger partial charge is 0.225 e. The molecule has 0 radical (unpaired) electrons. The van der Waals surface area contributed by atoms with Crippen LogP contribution in [-0.2, 0) is 6.42 Å². The first-order valence-electron chi connectivity index (χ1n) is 10.8. The fourth-order valence-corrected chi connectivity index (χ4v) is 4.61. The molecule has 1 aliphatic carbocycles. The molecule has 0 saturated carbocycles. The number of hydrogen-bond donors (Lipinski definition) is 0. The molecule has 1 unspecified atom stereocenters. The summed E-state index contributed by atoms with van der Waals surface area (Å²) in [5.41, 5.74) is 3.83. The van der Waals surface area contributed by atoms with Crippen molar-refractivity contribution in [2.24, 2.45) is 0 Å². The lowest BCUT2D eigenvalue weighted by atomic mass is 9.82. The number of ketones is 1. The highest BCUT2D eigenvalue weighted by molar-refractivity contribution is 5.98. The molecule has 1 atom stereocenters. The van der Waals surface area contributed by atoms with Gasteiger partial charge >= 0.3 is 0 Å². The molecule has 1 aromatic heterocycles. The van der Waals surface area contributed by atoms with Gasteiger partial charge in [0, 0.05) is 50.4 Å². The molecule has 1 saturated heterocycles. The number of aromatic nitrogens is 2. The van der Waals surface area contributed by atoms with E-state index in [1.54, 1.807) is 13.3 Å². The average Bonchev–Trinajstić information content (AvgIpc) is 2.84. The molecule has 0 amide bonds. The molecule has 3 aromatic rings. The van der Waals surface area contributed by atoms with Gasteiger partial charge in [-0.2, -0.15) is 0 Å². The van der Waals surface area contributed by atoms with Crippen molar-refractivity contribution in [3.05, 3.63) is 77.6 Å². The third-order valence-electron chi connectivity index (χ3n) is 6.29. The van der Waals surface area contributed by atoms with Gasteiger partial charge in [-0.1, -0.05) is 36.4 Å². The van der Waals surface area contributed by atoms with Gasteiger partial charge < -0.3 is 14.5 Å². The highest BCUT2D eigenvalue weighted by atomic mass is 16.5. The lowest BCUT2D eigenvalue weighted by Gasteiger charge is -2.36. The van der Waals surface area contributed by atoms with Crippen molar-refractivity contribution < 1.29 is 9.53 Å². The molecular formula is C25H26N4O2. The van der Waals surface area contributed by atoms with Gasteiger partial charge in [-0.25, -0.2) is 9.97 Å². The van der Waals surface area contributed by atoms with Gasteiger partial charge in [0.05, 0.1) is 18.4 Å². The van der Waals surface area contributed by atoms with Crippen molar-refractivity contribution in [2.75, 3.05) is 43.1 Å². The van der Waals surface area contributed by atoms with E-state index in [4.69, 9.17) is 9.72 Å². The summed E-state index contributed by atoms with van der Waals surface area (Å²) in [6, 6.07) is 18.4. The molecule has 0 N–H and O–H groups in total. The molecule has 6 heteroatoms. The minimum atomic E-state index is 0.0776. The summed E-state index contributed by atoms with van der Waals surface area (Å²) in [6.07, 6.45) is 2.91. The summed E-state index contributed by atoms with van der Waals surface area (Å²) >= 11 is 0. The van der Waals surface area contributed by atoms with Crippen LogP contribution in [0.25, 0.3) is 0 Å². The highest BCUT2D eigenvalue weighted by Gasteiger charge is 2.30. The number of carbonyl (C=O) groups is 1. The lowest BCUT2D eigenvalue weighted by Crippen LogP contribution is -2.47. The predicted octanol–water partition coefficient (Wildman–Crippen LogP) is 3.72. The second kappa shape index (κ2) is 8.38. The van der Waals surface area contributed by atoms with Crippen LogP contribution in [0.4, 0.5) is 11.6 Å². The molecule has 0 spiro atoms. The minimum absolute atomic E-state index is 0.0776. The van der Waals surface area contributed by atoms with Gasteiger partial charge in [0.1, 0.15) is 5.75 Å². The Morgan fingerprint density at radius 2 is 1.61 bits per heavy atom. The Morgan fingerprint density at radius 3 is 2.39 bits per heavy atom. The normalized spacial score (nSPS) is 18.6. The molecule has 1 fully saturated rings.